The lowest BCUT2D eigenvalue weighted by molar-refractivity contribution is 0.0712. The Morgan fingerprint density at radius 2 is 1.92 bits per heavy atom. The summed E-state index contributed by atoms with van der Waals surface area (Å²) in [4.78, 5) is 27.7. The van der Waals surface area contributed by atoms with Crippen molar-refractivity contribution in [3.05, 3.63) is 64.5 Å². The SMILES string of the molecule is Cc1cc(C(=O)N2CCC(c3nc(-c4ccncc4)cs3)CC2)ccn1. The summed E-state index contributed by atoms with van der Waals surface area (Å²) in [6, 6.07) is 7.62. The van der Waals surface area contributed by atoms with E-state index in [0.29, 0.717) is 5.92 Å². The molecule has 4 heterocycles. The summed E-state index contributed by atoms with van der Waals surface area (Å²) >= 11 is 1.72. The number of hydrogen-bond donors (Lipinski definition) is 0. The van der Waals surface area contributed by atoms with Gasteiger partial charge in [-0.3, -0.25) is 14.8 Å². The van der Waals surface area contributed by atoms with Crippen molar-refractivity contribution in [3.8, 4) is 11.3 Å². The Labute approximate surface area is 156 Å². The summed E-state index contributed by atoms with van der Waals surface area (Å²) in [5.41, 5.74) is 3.71. The van der Waals surface area contributed by atoms with Crippen LogP contribution in [0, 0.1) is 6.92 Å². The van der Waals surface area contributed by atoms with Crippen LogP contribution < -0.4 is 0 Å². The van der Waals surface area contributed by atoms with E-state index in [9.17, 15) is 4.79 Å². The van der Waals surface area contributed by atoms with Gasteiger partial charge in [-0.15, -0.1) is 11.3 Å². The molecule has 0 unspecified atom stereocenters. The summed E-state index contributed by atoms with van der Waals surface area (Å²) < 4.78 is 0. The number of nitrogens with zero attached hydrogens (tertiary/aromatic N) is 4. The summed E-state index contributed by atoms with van der Waals surface area (Å²) in [7, 11) is 0. The van der Waals surface area contributed by atoms with Crippen molar-refractivity contribution in [1.29, 1.82) is 0 Å². The topological polar surface area (TPSA) is 59.0 Å². The molecule has 1 aliphatic rings. The van der Waals surface area contributed by atoms with Crippen molar-refractivity contribution >= 4 is 17.2 Å². The predicted octanol–water partition coefficient (Wildman–Crippen LogP) is 3.93. The molecule has 3 aromatic rings. The number of carbonyl (C=O) groups is 1. The zero-order valence-electron chi connectivity index (χ0n) is 14.6. The maximum atomic E-state index is 12.7. The van der Waals surface area contributed by atoms with E-state index < -0.39 is 0 Å². The molecular weight excluding hydrogens is 344 g/mol. The van der Waals surface area contributed by atoms with Crippen LogP contribution in [0.2, 0.25) is 0 Å². The van der Waals surface area contributed by atoms with E-state index in [1.54, 1.807) is 36.0 Å². The maximum Gasteiger partial charge on any atom is 0.253 e. The first-order chi connectivity index (χ1) is 12.7. The number of aromatic nitrogens is 3. The van der Waals surface area contributed by atoms with Crippen LogP contribution in [0.1, 0.15) is 39.8 Å². The molecule has 1 aliphatic heterocycles. The molecule has 1 amide bonds. The summed E-state index contributed by atoms with van der Waals surface area (Å²) in [5.74, 6) is 0.532. The van der Waals surface area contributed by atoms with E-state index >= 15 is 0 Å². The van der Waals surface area contributed by atoms with Crippen LogP contribution in [0.3, 0.4) is 0 Å². The van der Waals surface area contributed by atoms with Gasteiger partial charge in [-0.05, 0) is 44.0 Å². The van der Waals surface area contributed by atoms with Crippen LogP contribution in [-0.4, -0.2) is 38.8 Å². The number of likely N-dealkylation sites (tertiary alicyclic amines) is 1. The first-order valence-electron chi connectivity index (χ1n) is 8.78. The molecule has 0 atom stereocenters. The molecule has 0 radical (unpaired) electrons. The Bertz CT molecular complexity index is 901. The molecule has 0 aliphatic carbocycles. The minimum atomic E-state index is 0.102. The number of piperidine rings is 1. The minimum Gasteiger partial charge on any atom is -0.339 e. The molecule has 0 saturated carbocycles. The van der Waals surface area contributed by atoms with Gasteiger partial charge in [0.1, 0.15) is 0 Å². The highest BCUT2D eigenvalue weighted by Gasteiger charge is 2.26. The van der Waals surface area contributed by atoms with Gasteiger partial charge in [0.05, 0.1) is 10.7 Å². The Morgan fingerprint density at radius 1 is 1.15 bits per heavy atom. The third-order valence-corrected chi connectivity index (χ3v) is 5.78. The molecule has 6 heteroatoms. The number of thiazole rings is 1. The third-order valence-electron chi connectivity index (χ3n) is 4.77. The third kappa shape index (κ3) is 3.51. The van der Waals surface area contributed by atoms with Crippen molar-refractivity contribution in [3.63, 3.8) is 0 Å². The van der Waals surface area contributed by atoms with Crippen molar-refractivity contribution < 1.29 is 4.79 Å². The van der Waals surface area contributed by atoms with Crippen LogP contribution in [0.5, 0.6) is 0 Å². The van der Waals surface area contributed by atoms with Gasteiger partial charge in [-0.2, -0.15) is 0 Å². The number of carbonyl (C=O) groups excluding carboxylic acids is 1. The fourth-order valence-electron chi connectivity index (χ4n) is 3.32. The Balaban J connectivity index is 1.41. The Morgan fingerprint density at radius 3 is 2.65 bits per heavy atom. The van der Waals surface area contributed by atoms with Gasteiger partial charge in [0.2, 0.25) is 0 Å². The standard InChI is InChI=1S/C20H20N4OS/c1-14-12-17(4-9-22-14)20(25)24-10-5-16(6-11-24)19-23-18(13-26-19)15-2-7-21-8-3-15/h2-4,7-9,12-13,16H,5-6,10-11H2,1H3. The molecule has 0 spiro atoms. The molecule has 26 heavy (non-hydrogen) atoms. The summed E-state index contributed by atoms with van der Waals surface area (Å²) in [6.07, 6.45) is 7.20. The van der Waals surface area contributed by atoms with Crippen LogP contribution in [0.25, 0.3) is 11.3 Å². The number of pyridine rings is 2. The zero-order chi connectivity index (χ0) is 17.9. The molecule has 5 nitrogen and oxygen atoms in total. The first-order valence-corrected chi connectivity index (χ1v) is 9.66. The van der Waals surface area contributed by atoms with E-state index in [0.717, 1.165) is 48.4 Å². The highest BCUT2D eigenvalue weighted by atomic mass is 32.1. The quantitative estimate of drug-likeness (QED) is 0.706. The van der Waals surface area contributed by atoms with Gasteiger partial charge < -0.3 is 4.90 Å². The van der Waals surface area contributed by atoms with Crippen LogP contribution in [0.4, 0.5) is 0 Å². The Hall–Kier alpha value is -2.60. The lowest BCUT2D eigenvalue weighted by Crippen LogP contribution is -2.37. The average Bonchev–Trinajstić information content (AvgIpc) is 3.18. The molecule has 4 rings (SSSR count). The second-order valence-corrected chi connectivity index (χ2v) is 7.45. The van der Waals surface area contributed by atoms with E-state index in [4.69, 9.17) is 4.98 Å². The van der Waals surface area contributed by atoms with E-state index in [-0.39, 0.29) is 5.91 Å². The average molecular weight is 364 g/mol. The molecule has 0 bridgehead atoms. The fourth-order valence-corrected chi connectivity index (χ4v) is 4.32. The van der Waals surface area contributed by atoms with E-state index in [1.165, 1.54) is 5.01 Å². The molecule has 0 N–H and O–H groups in total. The summed E-state index contributed by atoms with van der Waals surface area (Å²) in [5, 5.41) is 3.28. The van der Waals surface area contributed by atoms with Gasteiger partial charge in [-0.1, -0.05) is 0 Å². The fraction of sp³-hybridized carbons (Fsp3) is 0.300. The molecule has 1 saturated heterocycles. The molecule has 1 fully saturated rings. The normalized spacial score (nSPS) is 15.2. The number of rotatable bonds is 3. The lowest BCUT2D eigenvalue weighted by atomic mass is 9.97. The van der Waals surface area contributed by atoms with E-state index in [2.05, 4.69) is 15.3 Å². The van der Waals surface area contributed by atoms with Gasteiger partial charge >= 0.3 is 0 Å². The number of amides is 1. The molecule has 132 valence electrons. The van der Waals surface area contributed by atoms with Crippen molar-refractivity contribution in [1.82, 2.24) is 19.9 Å². The minimum absolute atomic E-state index is 0.102. The van der Waals surface area contributed by atoms with Gasteiger partial charge in [0.15, 0.2) is 0 Å². The second-order valence-electron chi connectivity index (χ2n) is 6.56. The van der Waals surface area contributed by atoms with Gasteiger partial charge in [0.25, 0.3) is 5.91 Å². The van der Waals surface area contributed by atoms with Gasteiger partial charge in [-0.25, -0.2) is 4.98 Å². The van der Waals surface area contributed by atoms with Crippen molar-refractivity contribution in [2.75, 3.05) is 13.1 Å². The largest absolute Gasteiger partial charge is 0.339 e. The second kappa shape index (κ2) is 7.33. The maximum absolute atomic E-state index is 12.7. The first kappa shape index (κ1) is 16.8. The van der Waals surface area contributed by atoms with Gasteiger partial charge in [0, 0.05) is 59.8 Å². The van der Waals surface area contributed by atoms with E-state index in [1.807, 2.05) is 30.0 Å². The predicted molar refractivity (Wildman–Crippen MR) is 102 cm³/mol. The zero-order valence-corrected chi connectivity index (χ0v) is 15.4. The van der Waals surface area contributed by atoms with Crippen LogP contribution in [0.15, 0.2) is 48.2 Å². The number of hydrogen-bond acceptors (Lipinski definition) is 5. The van der Waals surface area contributed by atoms with Crippen molar-refractivity contribution in [2.24, 2.45) is 0 Å². The highest BCUT2D eigenvalue weighted by Crippen LogP contribution is 2.33. The molecule has 3 aromatic heterocycles. The Kier molecular flexibility index (Phi) is 4.75. The monoisotopic (exact) mass is 364 g/mol. The molecular formula is C20H20N4OS. The summed E-state index contributed by atoms with van der Waals surface area (Å²) in [6.45, 7) is 3.45. The number of aryl methyl sites for hydroxylation is 1. The lowest BCUT2D eigenvalue weighted by Gasteiger charge is -2.31. The van der Waals surface area contributed by atoms with Crippen LogP contribution in [-0.2, 0) is 0 Å². The smallest absolute Gasteiger partial charge is 0.253 e. The molecule has 0 aromatic carbocycles. The van der Waals surface area contributed by atoms with Crippen LogP contribution >= 0.6 is 11.3 Å². The highest BCUT2D eigenvalue weighted by molar-refractivity contribution is 7.10. The van der Waals surface area contributed by atoms with Crippen molar-refractivity contribution in [2.45, 2.75) is 25.7 Å².